The number of hydrogen-bond donors (Lipinski definition) is 1. The van der Waals surface area contributed by atoms with Gasteiger partial charge in [0.1, 0.15) is 0 Å². The largest absolute Gasteiger partial charge is 0.459 e. The molecule has 0 atom stereocenters. The second-order valence-corrected chi connectivity index (χ2v) is 5.75. The summed E-state index contributed by atoms with van der Waals surface area (Å²) in [5.74, 6) is -1.53. The van der Waals surface area contributed by atoms with Crippen molar-refractivity contribution in [1.29, 1.82) is 0 Å². The van der Waals surface area contributed by atoms with Crippen LogP contribution in [-0.4, -0.2) is 29.9 Å². The van der Waals surface area contributed by atoms with Crippen LogP contribution >= 0.6 is 0 Å². The molecule has 6 heteroatoms. The molecule has 1 N–H and O–H groups in total. The van der Waals surface area contributed by atoms with Gasteiger partial charge in [0.05, 0.1) is 6.26 Å². The normalized spacial score (nSPS) is 16.4. The molecule has 0 unspecified atom stereocenters. The molecule has 1 aliphatic rings. The summed E-state index contributed by atoms with van der Waals surface area (Å²) in [4.78, 5) is 14.1. The maximum atomic E-state index is 13.2. The molecule has 0 bridgehead atoms. The van der Waals surface area contributed by atoms with Gasteiger partial charge in [-0.15, -0.1) is 0 Å². The Balaban J connectivity index is 1.48. The van der Waals surface area contributed by atoms with Crippen molar-refractivity contribution in [2.24, 2.45) is 0 Å². The van der Waals surface area contributed by atoms with E-state index in [0.717, 1.165) is 37.6 Å². The van der Waals surface area contributed by atoms with Gasteiger partial charge >= 0.3 is 0 Å². The SMILES string of the molecule is O=C(NC1CCN(Cc2ccc(F)c(F)c2)CC1)c1ccco1. The smallest absolute Gasteiger partial charge is 0.287 e. The number of benzene rings is 1. The number of hydrogen-bond acceptors (Lipinski definition) is 3. The van der Waals surface area contributed by atoms with Crippen molar-refractivity contribution in [3.05, 3.63) is 59.6 Å². The van der Waals surface area contributed by atoms with E-state index in [0.29, 0.717) is 12.3 Å². The summed E-state index contributed by atoms with van der Waals surface area (Å²) in [5, 5.41) is 2.95. The maximum absolute atomic E-state index is 13.2. The van der Waals surface area contributed by atoms with E-state index in [1.807, 2.05) is 0 Å². The predicted molar refractivity (Wildman–Crippen MR) is 80.8 cm³/mol. The highest BCUT2D eigenvalue weighted by Crippen LogP contribution is 2.16. The Morgan fingerprint density at radius 1 is 1.22 bits per heavy atom. The second-order valence-electron chi connectivity index (χ2n) is 5.75. The Bertz CT molecular complexity index is 665. The summed E-state index contributed by atoms with van der Waals surface area (Å²) in [7, 11) is 0. The molecule has 1 aromatic heterocycles. The predicted octanol–water partition coefficient (Wildman–Crippen LogP) is 2.95. The van der Waals surface area contributed by atoms with Crippen LogP contribution in [0.2, 0.25) is 0 Å². The molecule has 0 saturated carbocycles. The van der Waals surface area contributed by atoms with Crippen molar-refractivity contribution in [2.75, 3.05) is 13.1 Å². The monoisotopic (exact) mass is 320 g/mol. The van der Waals surface area contributed by atoms with Crippen LogP contribution in [0.15, 0.2) is 41.0 Å². The molecule has 2 heterocycles. The Morgan fingerprint density at radius 2 is 2.00 bits per heavy atom. The summed E-state index contributed by atoms with van der Waals surface area (Å²) in [5.41, 5.74) is 0.752. The molecule has 4 nitrogen and oxygen atoms in total. The molecule has 1 aliphatic heterocycles. The third kappa shape index (κ3) is 3.96. The fourth-order valence-electron chi connectivity index (χ4n) is 2.80. The van der Waals surface area contributed by atoms with E-state index in [9.17, 15) is 13.6 Å². The van der Waals surface area contributed by atoms with E-state index in [1.165, 1.54) is 12.3 Å². The Morgan fingerprint density at radius 3 is 2.65 bits per heavy atom. The zero-order valence-electron chi connectivity index (χ0n) is 12.6. The minimum absolute atomic E-state index is 0.105. The number of amides is 1. The van der Waals surface area contributed by atoms with Gasteiger partial charge in [0.15, 0.2) is 17.4 Å². The Hall–Kier alpha value is -2.21. The highest BCUT2D eigenvalue weighted by atomic mass is 19.2. The Kier molecular flexibility index (Phi) is 4.71. The average Bonchev–Trinajstić information content (AvgIpc) is 3.07. The summed E-state index contributed by atoms with van der Waals surface area (Å²) >= 11 is 0. The summed E-state index contributed by atoms with van der Waals surface area (Å²) < 4.78 is 31.2. The standard InChI is InChI=1S/C17H18F2N2O2/c18-14-4-3-12(10-15(14)19)11-21-7-5-13(6-8-21)20-17(22)16-2-1-9-23-16/h1-4,9-10,13H,5-8,11H2,(H,20,22). The molecule has 0 aliphatic carbocycles. The van der Waals surface area contributed by atoms with Crippen molar-refractivity contribution in [1.82, 2.24) is 10.2 Å². The van der Waals surface area contributed by atoms with Crippen molar-refractivity contribution >= 4 is 5.91 Å². The lowest BCUT2D eigenvalue weighted by Crippen LogP contribution is -2.44. The van der Waals surface area contributed by atoms with Gasteiger partial charge in [-0.05, 0) is 42.7 Å². The number of carbonyl (C=O) groups is 1. The second kappa shape index (κ2) is 6.91. The van der Waals surface area contributed by atoms with Crippen LogP contribution in [0.4, 0.5) is 8.78 Å². The maximum Gasteiger partial charge on any atom is 0.287 e. The molecular weight excluding hydrogens is 302 g/mol. The number of furan rings is 1. The average molecular weight is 320 g/mol. The van der Waals surface area contributed by atoms with E-state index in [2.05, 4.69) is 10.2 Å². The van der Waals surface area contributed by atoms with Gasteiger partial charge in [-0.2, -0.15) is 0 Å². The number of halogens is 2. The third-order valence-corrected chi connectivity index (χ3v) is 4.06. The minimum Gasteiger partial charge on any atom is -0.459 e. The quantitative estimate of drug-likeness (QED) is 0.942. The zero-order valence-corrected chi connectivity index (χ0v) is 12.6. The van der Waals surface area contributed by atoms with Crippen LogP contribution in [-0.2, 0) is 6.54 Å². The molecule has 1 amide bonds. The van der Waals surface area contributed by atoms with Gasteiger partial charge in [0.2, 0.25) is 0 Å². The Labute approximate surface area is 133 Å². The van der Waals surface area contributed by atoms with Crippen LogP contribution in [0.1, 0.15) is 29.0 Å². The number of carbonyl (C=O) groups excluding carboxylic acids is 1. The zero-order chi connectivity index (χ0) is 16.2. The van der Waals surface area contributed by atoms with E-state index in [-0.39, 0.29) is 11.9 Å². The lowest BCUT2D eigenvalue weighted by molar-refractivity contribution is 0.0881. The van der Waals surface area contributed by atoms with E-state index < -0.39 is 11.6 Å². The molecule has 23 heavy (non-hydrogen) atoms. The molecule has 1 fully saturated rings. The van der Waals surface area contributed by atoms with Crippen molar-refractivity contribution in [3.63, 3.8) is 0 Å². The van der Waals surface area contributed by atoms with Crippen molar-refractivity contribution < 1.29 is 18.0 Å². The van der Waals surface area contributed by atoms with Crippen LogP contribution < -0.4 is 5.32 Å². The number of nitrogens with zero attached hydrogens (tertiary/aromatic N) is 1. The lowest BCUT2D eigenvalue weighted by Gasteiger charge is -2.32. The van der Waals surface area contributed by atoms with E-state index in [1.54, 1.807) is 18.2 Å². The van der Waals surface area contributed by atoms with Gasteiger partial charge in [-0.3, -0.25) is 9.69 Å². The highest BCUT2D eigenvalue weighted by molar-refractivity contribution is 5.91. The highest BCUT2D eigenvalue weighted by Gasteiger charge is 2.22. The first kappa shape index (κ1) is 15.7. The minimum atomic E-state index is -0.826. The first-order chi connectivity index (χ1) is 11.1. The number of rotatable bonds is 4. The van der Waals surface area contributed by atoms with E-state index >= 15 is 0 Å². The van der Waals surface area contributed by atoms with Crippen LogP contribution in [0.25, 0.3) is 0 Å². The number of likely N-dealkylation sites (tertiary alicyclic amines) is 1. The third-order valence-electron chi connectivity index (χ3n) is 4.06. The number of piperidine rings is 1. The molecule has 3 rings (SSSR count). The summed E-state index contributed by atoms with van der Waals surface area (Å²) in [6.45, 7) is 2.17. The lowest BCUT2D eigenvalue weighted by atomic mass is 10.0. The molecular formula is C17H18F2N2O2. The topological polar surface area (TPSA) is 45.5 Å². The van der Waals surface area contributed by atoms with Gasteiger partial charge < -0.3 is 9.73 Å². The first-order valence-corrected chi connectivity index (χ1v) is 7.62. The van der Waals surface area contributed by atoms with Gasteiger partial charge in [-0.1, -0.05) is 6.07 Å². The molecule has 1 saturated heterocycles. The molecule has 122 valence electrons. The van der Waals surface area contributed by atoms with E-state index in [4.69, 9.17) is 4.42 Å². The van der Waals surface area contributed by atoms with Crippen molar-refractivity contribution in [3.8, 4) is 0 Å². The molecule has 0 spiro atoms. The number of nitrogens with one attached hydrogen (secondary N) is 1. The summed E-state index contributed by atoms with van der Waals surface area (Å²) in [6, 6.07) is 7.41. The molecule has 1 aromatic carbocycles. The van der Waals surface area contributed by atoms with Gasteiger partial charge in [0.25, 0.3) is 5.91 Å². The fourth-order valence-corrected chi connectivity index (χ4v) is 2.80. The first-order valence-electron chi connectivity index (χ1n) is 7.62. The van der Waals surface area contributed by atoms with Crippen LogP contribution in [0.3, 0.4) is 0 Å². The van der Waals surface area contributed by atoms with Crippen molar-refractivity contribution in [2.45, 2.75) is 25.4 Å². The van der Waals surface area contributed by atoms with Gasteiger partial charge in [0, 0.05) is 25.7 Å². The summed E-state index contributed by atoms with van der Waals surface area (Å²) in [6.07, 6.45) is 3.10. The molecule has 0 radical (unpaired) electrons. The fraction of sp³-hybridized carbons (Fsp3) is 0.353. The molecule has 2 aromatic rings. The van der Waals surface area contributed by atoms with Gasteiger partial charge in [-0.25, -0.2) is 8.78 Å². The van der Waals surface area contributed by atoms with Crippen LogP contribution in [0.5, 0.6) is 0 Å². The van der Waals surface area contributed by atoms with Crippen LogP contribution in [0, 0.1) is 11.6 Å².